The van der Waals surface area contributed by atoms with Gasteiger partial charge in [0.15, 0.2) is 0 Å². The molecular weight excluding hydrogens is 230 g/mol. The topological polar surface area (TPSA) is 59.9 Å². The Labute approximate surface area is 89.8 Å². The Balaban J connectivity index is 2.70. The number of halogens is 3. The zero-order valence-electron chi connectivity index (χ0n) is 7.88. The number of rotatable bonds is 5. The van der Waals surface area contributed by atoms with E-state index in [-0.39, 0.29) is 17.2 Å². The third-order valence-electron chi connectivity index (χ3n) is 1.28. The van der Waals surface area contributed by atoms with Gasteiger partial charge in [-0.3, -0.25) is 0 Å². The first-order valence-corrected chi connectivity index (χ1v) is 4.56. The standard InChI is InChI=1S/C7H9ClF2N4O/c1-2-15-7-13-5(8)12-6(14-7)11-3-4(9)10/h4H,2-3H2,1H3,(H,11,12,13,14). The summed E-state index contributed by atoms with van der Waals surface area (Å²) in [7, 11) is 0. The highest BCUT2D eigenvalue weighted by atomic mass is 35.5. The Bertz CT molecular complexity index is 326. The normalized spacial score (nSPS) is 10.5. The highest BCUT2D eigenvalue weighted by Gasteiger charge is 2.07. The van der Waals surface area contributed by atoms with Crippen LogP contribution in [-0.4, -0.2) is 34.5 Å². The van der Waals surface area contributed by atoms with Crippen molar-refractivity contribution in [1.82, 2.24) is 15.0 Å². The Morgan fingerprint density at radius 3 is 2.73 bits per heavy atom. The maximum atomic E-state index is 11.9. The average Bonchev–Trinajstić information content (AvgIpc) is 2.14. The molecule has 0 radical (unpaired) electrons. The van der Waals surface area contributed by atoms with Crippen LogP contribution in [-0.2, 0) is 0 Å². The second-order valence-electron chi connectivity index (χ2n) is 2.42. The van der Waals surface area contributed by atoms with Gasteiger partial charge in [0.1, 0.15) is 0 Å². The zero-order valence-corrected chi connectivity index (χ0v) is 8.63. The molecule has 0 aliphatic rings. The van der Waals surface area contributed by atoms with Crippen molar-refractivity contribution < 1.29 is 13.5 Å². The van der Waals surface area contributed by atoms with Gasteiger partial charge in [-0.25, -0.2) is 8.78 Å². The monoisotopic (exact) mass is 238 g/mol. The molecular formula is C7H9ClF2N4O. The lowest BCUT2D eigenvalue weighted by atomic mass is 10.7. The van der Waals surface area contributed by atoms with Crippen LogP contribution in [0.15, 0.2) is 0 Å². The van der Waals surface area contributed by atoms with Gasteiger partial charge >= 0.3 is 6.01 Å². The molecule has 0 spiro atoms. The molecule has 8 heteroatoms. The van der Waals surface area contributed by atoms with Gasteiger partial charge in [-0.2, -0.15) is 15.0 Å². The first-order chi connectivity index (χ1) is 7.11. The van der Waals surface area contributed by atoms with Crippen molar-refractivity contribution in [1.29, 1.82) is 0 Å². The number of anilines is 1. The fourth-order valence-corrected chi connectivity index (χ4v) is 0.925. The molecule has 0 unspecified atom stereocenters. The van der Waals surface area contributed by atoms with Gasteiger partial charge in [0.05, 0.1) is 13.2 Å². The smallest absolute Gasteiger partial charge is 0.322 e. The van der Waals surface area contributed by atoms with Gasteiger partial charge in [-0.1, -0.05) is 0 Å². The fourth-order valence-electron chi connectivity index (χ4n) is 0.773. The second-order valence-corrected chi connectivity index (χ2v) is 2.75. The number of ether oxygens (including phenoxy) is 1. The quantitative estimate of drug-likeness (QED) is 0.844. The largest absolute Gasteiger partial charge is 0.464 e. The highest BCUT2D eigenvalue weighted by molar-refractivity contribution is 6.28. The van der Waals surface area contributed by atoms with Crippen LogP contribution in [0, 0.1) is 0 Å². The SMILES string of the molecule is CCOc1nc(Cl)nc(NCC(F)F)n1. The third-order valence-corrected chi connectivity index (χ3v) is 1.44. The molecule has 0 aliphatic heterocycles. The lowest BCUT2D eigenvalue weighted by molar-refractivity contribution is 0.163. The van der Waals surface area contributed by atoms with Crippen LogP contribution in [0.2, 0.25) is 5.28 Å². The number of hydrogen-bond donors (Lipinski definition) is 1. The Morgan fingerprint density at radius 1 is 1.40 bits per heavy atom. The van der Waals surface area contributed by atoms with Gasteiger partial charge in [0, 0.05) is 0 Å². The first kappa shape index (κ1) is 11.8. The van der Waals surface area contributed by atoms with E-state index in [0.717, 1.165) is 0 Å². The van der Waals surface area contributed by atoms with Crippen molar-refractivity contribution in [2.24, 2.45) is 0 Å². The van der Waals surface area contributed by atoms with Crippen molar-refractivity contribution in [2.45, 2.75) is 13.3 Å². The molecule has 0 aromatic carbocycles. The van der Waals surface area contributed by atoms with Crippen LogP contribution in [0.25, 0.3) is 0 Å². The third kappa shape index (κ3) is 4.20. The van der Waals surface area contributed by atoms with E-state index in [4.69, 9.17) is 16.3 Å². The summed E-state index contributed by atoms with van der Waals surface area (Å²) in [4.78, 5) is 11.0. The van der Waals surface area contributed by atoms with Crippen LogP contribution in [0.5, 0.6) is 6.01 Å². The van der Waals surface area contributed by atoms with E-state index in [1.807, 2.05) is 0 Å². The lowest BCUT2D eigenvalue weighted by Crippen LogP contribution is -2.13. The summed E-state index contributed by atoms with van der Waals surface area (Å²) < 4.78 is 28.7. The summed E-state index contributed by atoms with van der Waals surface area (Å²) in [5.41, 5.74) is 0. The molecule has 0 amide bonds. The molecule has 0 saturated carbocycles. The molecule has 1 N–H and O–H groups in total. The molecule has 1 aromatic heterocycles. The van der Waals surface area contributed by atoms with Gasteiger partial charge < -0.3 is 10.1 Å². The number of nitrogens with zero attached hydrogens (tertiary/aromatic N) is 3. The number of hydrogen-bond acceptors (Lipinski definition) is 5. The predicted octanol–water partition coefficient (Wildman–Crippen LogP) is 1.60. The van der Waals surface area contributed by atoms with Gasteiger partial charge in [-0.05, 0) is 18.5 Å². The van der Waals surface area contributed by atoms with E-state index >= 15 is 0 Å². The molecule has 0 atom stereocenters. The molecule has 1 heterocycles. The summed E-state index contributed by atoms with van der Waals surface area (Å²) in [6, 6.07) is 0.00858. The van der Waals surface area contributed by atoms with Crippen molar-refractivity contribution in [3.8, 4) is 6.01 Å². The second kappa shape index (κ2) is 5.59. The number of aromatic nitrogens is 3. The van der Waals surface area contributed by atoms with E-state index in [9.17, 15) is 8.78 Å². The van der Waals surface area contributed by atoms with Crippen LogP contribution < -0.4 is 10.1 Å². The lowest BCUT2D eigenvalue weighted by Gasteiger charge is -2.05. The van der Waals surface area contributed by atoms with Crippen LogP contribution in [0.3, 0.4) is 0 Å². The predicted molar refractivity (Wildman–Crippen MR) is 50.5 cm³/mol. The highest BCUT2D eigenvalue weighted by Crippen LogP contribution is 2.11. The van der Waals surface area contributed by atoms with Gasteiger partial charge in [-0.15, -0.1) is 0 Å². The first-order valence-electron chi connectivity index (χ1n) is 4.18. The molecule has 84 valence electrons. The van der Waals surface area contributed by atoms with E-state index < -0.39 is 13.0 Å². The summed E-state index contributed by atoms with van der Waals surface area (Å²) >= 11 is 5.53. The summed E-state index contributed by atoms with van der Waals surface area (Å²) in [6.07, 6.45) is -2.49. The minimum Gasteiger partial charge on any atom is -0.464 e. The van der Waals surface area contributed by atoms with E-state index in [0.29, 0.717) is 6.61 Å². The number of nitrogens with one attached hydrogen (secondary N) is 1. The molecule has 1 aromatic rings. The summed E-state index contributed by atoms with van der Waals surface area (Å²) in [6.45, 7) is 1.55. The Hall–Kier alpha value is -1.24. The van der Waals surface area contributed by atoms with Crippen molar-refractivity contribution in [2.75, 3.05) is 18.5 Å². The minimum absolute atomic E-state index is 0.00858. The van der Waals surface area contributed by atoms with E-state index in [1.54, 1.807) is 6.92 Å². The van der Waals surface area contributed by atoms with E-state index in [2.05, 4.69) is 20.3 Å². The summed E-state index contributed by atoms with van der Waals surface area (Å²) in [5.74, 6) is -0.0289. The van der Waals surface area contributed by atoms with Crippen molar-refractivity contribution >= 4 is 17.5 Å². The molecule has 0 aliphatic carbocycles. The van der Waals surface area contributed by atoms with Gasteiger partial charge in [0.2, 0.25) is 11.2 Å². The fraction of sp³-hybridized carbons (Fsp3) is 0.571. The Kier molecular flexibility index (Phi) is 4.41. The van der Waals surface area contributed by atoms with Crippen molar-refractivity contribution in [3.63, 3.8) is 0 Å². The van der Waals surface area contributed by atoms with Crippen LogP contribution in [0.1, 0.15) is 6.92 Å². The molecule has 15 heavy (non-hydrogen) atoms. The maximum absolute atomic E-state index is 11.9. The zero-order chi connectivity index (χ0) is 11.3. The maximum Gasteiger partial charge on any atom is 0.322 e. The molecule has 0 bridgehead atoms. The van der Waals surface area contributed by atoms with Crippen molar-refractivity contribution in [3.05, 3.63) is 5.28 Å². The average molecular weight is 239 g/mol. The summed E-state index contributed by atoms with van der Waals surface area (Å²) in [5, 5.41) is 2.20. The molecule has 0 fully saturated rings. The number of alkyl halides is 2. The molecule has 1 rings (SSSR count). The van der Waals surface area contributed by atoms with Gasteiger partial charge in [0.25, 0.3) is 6.43 Å². The van der Waals surface area contributed by atoms with Crippen LogP contribution in [0.4, 0.5) is 14.7 Å². The molecule has 0 saturated heterocycles. The van der Waals surface area contributed by atoms with Crippen LogP contribution >= 0.6 is 11.6 Å². The minimum atomic E-state index is -2.49. The van der Waals surface area contributed by atoms with E-state index in [1.165, 1.54) is 0 Å². The Morgan fingerprint density at radius 2 is 2.13 bits per heavy atom. The molecule has 5 nitrogen and oxygen atoms in total.